The first kappa shape index (κ1) is 15.6. The van der Waals surface area contributed by atoms with Crippen molar-refractivity contribution in [3.05, 3.63) is 71.4 Å². The van der Waals surface area contributed by atoms with Crippen LogP contribution in [-0.2, 0) is 28.9 Å². The Morgan fingerprint density at radius 2 is 2.00 bits per heavy atom. The van der Waals surface area contributed by atoms with Gasteiger partial charge >= 0.3 is 5.97 Å². The highest BCUT2D eigenvalue weighted by Crippen LogP contribution is 2.31. The summed E-state index contributed by atoms with van der Waals surface area (Å²) in [4.78, 5) is 15.7. The van der Waals surface area contributed by atoms with Gasteiger partial charge in [-0.25, -0.2) is 4.99 Å². The Labute approximate surface area is 146 Å². The van der Waals surface area contributed by atoms with Crippen molar-refractivity contribution in [2.45, 2.75) is 26.3 Å². The van der Waals surface area contributed by atoms with Crippen molar-refractivity contribution in [1.29, 1.82) is 0 Å². The maximum absolute atomic E-state index is 11.1. The molecule has 0 atom stereocenters. The second kappa shape index (κ2) is 6.55. The highest BCUT2D eigenvalue weighted by atomic mass is 16.5. The van der Waals surface area contributed by atoms with Crippen LogP contribution < -0.4 is 0 Å². The molecule has 0 aliphatic carbocycles. The molecule has 1 aromatic heterocycles. The first-order valence-corrected chi connectivity index (χ1v) is 8.54. The minimum absolute atomic E-state index is 0.0594. The number of ether oxygens (including phenoxy) is 1. The number of aliphatic imine (C=N–C) groups is 1. The molecule has 1 aliphatic rings. The van der Waals surface area contributed by atoms with Crippen LogP contribution in [0.25, 0.3) is 10.9 Å². The van der Waals surface area contributed by atoms with Gasteiger partial charge in [0, 0.05) is 37.0 Å². The summed E-state index contributed by atoms with van der Waals surface area (Å²) in [5, 5.41) is 1.23. The second-order valence-electron chi connectivity index (χ2n) is 6.33. The predicted octanol–water partition coefficient (Wildman–Crippen LogP) is 3.75. The number of aryl methyl sites for hydroxylation is 2. The molecular formula is C21H20N2O2. The van der Waals surface area contributed by atoms with E-state index in [9.17, 15) is 4.79 Å². The molecule has 0 saturated heterocycles. The van der Waals surface area contributed by atoms with Crippen molar-refractivity contribution in [3.63, 3.8) is 0 Å². The summed E-state index contributed by atoms with van der Waals surface area (Å²) in [6.45, 7) is 2.48. The van der Waals surface area contributed by atoms with E-state index >= 15 is 0 Å². The summed E-state index contributed by atoms with van der Waals surface area (Å²) < 4.78 is 7.37. The van der Waals surface area contributed by atoms with Gasteiger partial charge in [-0.15, -0.1) is 0 Å². The maximum atomic E-state index is 11.1. The van der Waals surface area contributed by atoms with Crippen LogP contribution in [0.1, 0.15) is 23.6 Å². The molecule has 1 aliphatic heterocycles. The molecule has 4 heteroatoms. The van der Waals surface area contributed by atoms with E-state index in [4.69, 9.17) is 4.74 Å². The Morgan fingerprint density at radius 3 is 2.80 bits per heavy atom. The van der Waals surface area contributed by atoms with Crippen molar-refractivity contribution in [2.75, 3.05) is 6.73 Å². The normalized spacial score (nSPS) is 13.4. The van der Waals surface area contributed by atoms with Gasteiger partial charge in [-0.05, 0) is 17.5 Å². The smallest absolute Gasteiger partial charge is 0.304 e. The van der Waals surface area contributed by atoms with Gasteiger partial charge in [-0.2, -0.15) is 0 Å². The zero-order valence-corrected chi connectivity index (χ0v) is 14.2. The molecule has 126 valence electrons. The van der Waals surface area contributed by atoms with Crippen LogP contribution in [-0.4, -0.2) is 23.0 Å². The fraction of sp³-hybridized carbons (Fsp3) is 0.238. The van der Waals surface area contributed by atoms with Gasteiger partial charge in [0.05, 0.1) is 11.2 Å². The van der Waals surface area contributed by atoms with E-state index in [0.717, 1.165) is 24.2 Å². The summed E-state index contributed by atoms with van der Waals surface area (Å²) >= 11 is 0. The Balaban J connectivity index is 1.75. The standard InChI is InChI=1S/C21H20N2O2/c1-15(24)25-14-22-20(12-16-6-3-2-4-7-16)19-13-23-11-10-17-8-5-9-18(19)21(17)23/h2-9,13H,10-12,14H2,1H3. The molecule has 2 aromatic carbocycles. The Bertz CT molecular complexity index is 955. The van der Waals surface area contributed by atoms with Crippen molar-refractivity contribution in [1.82, 2.24) is 4.57 Å². The molecule has 4 rings (SSSR count). The van der Waals surface area contributed by atoms with Gasteiger partial charge in [0.15, 0.2) is 6.73 Å². The van der Waals surface area contributed by atoms with E-state index in [1.54, 1.807) is 0 Å². The molecule has 0 N–H and O–H groups in total. The van der Waals surface area contributed by atoms with E-state index in [-0.39, 0.29) is 12.7 Å². The highest BCUT2D eigenvalue weighted by Gasteiger charge is 2.20. The van der Waals surface area contributed by atoms with Crippen LogP contribution in [0.4, 0.5) is 0 Å². The van der Waals surface area contributed by atoms with Gasteiger partial charge in [-0.1, -0.05) is 48.5 Å². The summed E-state index contributed by atoms with van der Waals surface area (Å²) in [5.41, 5.74) is 5.98. The first-order valence-electron chi connectivity index (χ1n) is 8.54. The highest BCUT2D eigenvalue weighted by molar-refractivity contribution is 6.12. The molecule has 0 saturated carbocycles. The number of carbonyl (C=O) groups is 1. The van der Waals surface area contributed by atoms with Crippen molar-refractivity contribution >= 4 is 22.6 Å². The third-order valence-electron chi connectivity index (χ3n) is 4.65. The molecule has 0 unspecified atom stereocenters. The molecule has 0 spiro atoms. The topological polar surface area (TPSA) is 43.6 Å². The first-order chi connectivity index (χ1) is 12.2. The molecule has 0 amide bonds. The van der Waals surface area contributed by atoms with Crippen molar-refractivity contribution < 1.29 is 9.53 Å². The quantitative estimate of drug-likeness (QED) is 0.527. The summed E-state index contributed by atoms with van der Waals surface area (Å²) in [5.74, 6) is -0.311. The zero-order valence-electron chi connectivity index (χ0n) is 14.2. The zero-order chi connectivity index (χ0) is 17.2. The third kappa shape index (κ3) is 3.07. The fourth-order valence-corrected chi connectivity index (χ4v) is 3.51. The van der Waals surface area contributed by atoms with E-state index in [1.807, 2.05) is 18.2 Å². The van der Waals surface area contributed by atoms with Crippen LogP contribution in [0.15, 0.2) is 59.7 Å². The molecule has 0 bridgehead atoms. The second-order valence-corrected chi connectivity index (χ2v) is 6.33. The van der Waals surface area contributed by atoms with E-state index in [2.05, 4.69) is 46.1 Å². The van der Waals surface area contributed by atoms with Gasteiger partial charge < -0.3 is 9.30 Å². The van der Waals surface area contributed by atoms with E-state index in [1.165, 1.54) is 29.0 Å². The van der Waals surface area contributed by atoms with E-state index in [0.29, 0.717) is 6.42 Å². The van der Waals surface area contributed by atoms with Crippen LogP contribution >= 0.6 is 0 Å². The van der Waals surface area contributed by atoms with Crippen molar-refractivity contribution in [2.24, 2.45) is 4.99 Å². The third-order valence-corrected chi connectivity index (χ3v) is 4.65. The van der Waals surface area contributed by atoms with Crippen LogP contribution in [0.5, 0.6) is 0 Å². The minimum atomic E-state index is -0.311. The SMILES string of the molecule is CC(=O)OCN=C(Cc1ccccc1)c1cn2c3c(cccc13)CC2. The minimum Gasteiger partial charge on any atom is -0.443 e. The lowest BCUT2D eigenvalue weighted by molar-refractivity contribution is -0.140. The van der Waals surface area contributed by atoms with Gasteiger partial charge in [0.2, 0.25) is 0 Å². The van der Waals surface area contributed by atoms with Gasteiger partial charge in [0.25, 0.3) is 0 Å². The van der Waals surface area contributed by atoms with Gasteiger partial charge in [0.1, 0.15) is 0 Å². The molecular weight excluding hydrogens is 312 g/mol. The molecule has 4 nitrogen and oxygen atoms in total. The summed E-state index contributed by atoms with van der Waals surface area (Å²) in [6, 6.07) is 16.7. The monoisotopic (exact) mass is 332 g/mol. The van der Waals surface area contributed by atoms with Crippen LogP contribution in [0, 0.1) is 0 Å². The lowest BCUT2D eigenvalue weighted by Gasteiger charge is -2.08. The number of carbonyl (C=O) groups excluding carboxylic acids is 1. The summed E-state index contributed by atoms with van der Waals surface area (Å²) in [7, 11) is 0. The lowest BCUT2D eigenvalue weighted by atomic mass is 10.00. The fourth-order valence-electron chi connectivity index (χ4n) is 3.51. The predicted molar refractivity (Wildman–Crippen MR) is 99.0 cm³/mol. The largest absolute Gasteiger partial charge is 0.443 e. The van der Waals surface area contributed by atoms with Crippen LogP contribution in [0.3, 0.4) is 0 Å². The number of rotatable bonds is 5. The van der Waals surface area contributed by atoms with Crippen molar-refractivity contribution in [3.8, 4) is 0 Å². The number of nitrogens with zero attached hydrogens (tertiary/aromatic N) is 2. The number of esters is 1. The van der Waals surface area contributed by atoms with Crippen LogP contribution in [0.2, 0.25) is 0 Å². The average Bonchev–Trinajstić information content (AvgIpc) is 3.20. The molecule has 2 heterocycles. The Morgan fingerprint density at radius 1 is 1.16 bits per heavy atom. The molecule has 0 fully saturated rings. The molecule has 0 radical (unpaired) electrons. The Hall–Kier alpha value is -2.88. The number of aromatic nitrogens is 1. The number of hydrogen-bond acceptors (Lipinski definition) is 3. The molecule has 3 aromatic rings. The summed E-state index contributed by atoms with van der Waals surface area (Å²) in [6.07, 6.45) is 3.99. The van der Waals surface area contributed by atoms with E-state index < -0.39 is 0 Å². The number of para-hydroxylation sites is 1. The maximum Gasteiger partial charge on any atom is 0.304 e. The Kier molecular flexibility index (Phi) is 4.10. The number of hydrogen-bond donors (Lipinski definition) is 0. The average molecular weight is 332 g/mol. The molecule has 25 heavy (non-hydrogen) atoms. The lowest BCUT2D eigenvalue weighted by Crippen LogP contribution is -2.09. The van der Waals surface area contributed by atoms with Gasteiger partial charge in [-0.3, -0.25) is 4.79 Å². The number of benzene rings is 2.